The number of aromatic nitrogens is 1. The predicted octanol–water partition coefficient (Wildman–Crippen LogP) is 1.46. The molecule has 1 aromatic carbocycles. The van der Waals surface area contributed by atoms with Crippen LogP contribution in [-0.2, 0) is 11.8 Å². The number of nitrogens with one attached hydrogen (secondary N) is 2. The summed E-state index contributed by atoms with van der Waals surface area (Å²) < 4.78 is 6.54. The first-order chi connectivity index (χ1) is 10.6. The summed E-state index contributed by atoms with van der Waals surface area (Å²) in [5.41, 5.74) is 2.16. The molecule has 1 aliphatic carbocycles. The van der Waals surface area contributed by atoms with Crippen molar-refractivity contribution in [2.75, 3.05) is 18.4 Å². The van der Waals surface area contributed by atoms with E-state index in [1.54, 1.807) is 25.2 Å². The minimum atomic E-state index is -0.394. The van der Waals surface area contributed by atoms with Gasteiger partial charge in [-0.25, -0.2) is 4.79 Å². The zero-order valence-electron chi connectivity index (χ0n) is 12.5. The molecular weight excluding hydrogens is 282 g/mol. The minimum Gasteiger partial charge on any atom is -0.408 e. The van der Waals surface area contributed by atoms with Crippen molar-refractivity contribution in [1.29, 1.82) is 0 Å². The second-order valence-corrected chi connectivity index (χ2v) is 6.47. The number of aryl methyl sites for hydroxylation is 1. The Morgan fingerprint density at radius 1 is 1.41 bits per heavy atom. The Labute approximate surface area is 127 Å². The van der Waals surface area contributed by atoms with E-state index in [2.05, 4.69) is 10.6 Å². The van der Waals surface area contributed by atoms with Gasteiger partial charge in [0.05, 0.1) is 5.52 Å². The van der Waals surface area contributed by atoms with Gasteiger partial charge in [-0.1, -0.05) is 0 Å². The first kappa shape index (κ1) is 13.6. The Bertz CT molecular complexity index is 799. The SMILES string of the molecule is Cn1c(=O)oc2ccc(NC(=O)C3CC34CCNCC4)cc21. The lowest BCUT2D eigenvalue weighted by atomic mass is 9.92. The normalized spacial score (nSPS) is 22.9. The van der Waals surface area contributed by atoms with Crippen LogP contribution in [0.3, 0.4) is 0 Å². The van der Waals surface area contributed by atoms with Gasteiger partial charge in [0.15, 0.2) is 5.58 Å². The third kappa shape index (κ3) is 2.06. The summed E-state index contributed by atoms with van der Waals surface area (Å²) in [5, 5.41) is 6.33. The van der Waals surface area contributed by atoms with E-state index < -0.39 is 5.76 Å². The van der Waals surface area contributed by atoms with E-state index in [-0.39, 0.29) is 17.2 Å². The van der Waals surface area contributed by atoms with Crippen LogP contribution in [0.15, 0.2) is 27.4 Å². The summed E-state index contributed by atoms with van der Waals surface area (Å²) in [5.74, 6) is -0.178. The van der Waals surface area contributed by atoms with Crippen molar-refractivity contribution in [1.82, 2.24) is 9.88 Å². The van der Waals surface area contributed by atoms with E-state index in [1.165, 1.54) is 4.57 Å². The number of nitrogens with zero attached hydrogens (tertiary/aromatic N) is 1. The number of piperidine rings is 1. The fraction of sp³-hybridized carbons (Fsp3) is 0.500. The molecule has 2 heterocycles. The van der Waals surface area contributed by atoms with Crippen LogP contribution in [-0.4, -0.2) is 23.6 Å². The summed E-state index contributed by atoms with van der Waals surface area (Å²) in [6.07, 6.45) is 3.16. The maximum atomic E-state index is 12.5. The molecule has 2 aromatic rings. The molecule has 1 spiro atoms. The number of rotatable bonds is 2. The number of benzene rings is 1. The molecule has 1 aliphatic heterocycles. The molecule has 1 amide bonds. The van der Waals surface area contributed by atoms with E-state index in [0.29, 0.717) is 16.8 Å². The van der Waals surface area contributed by atoms with Crippen LogP contribution in [0.5, 0.6) is 0 Å². The van der Waals surface area contributed by atoms with Crippen molar-refractivity contribution in [2.45, 2.75) is 19.3 Å². The molecule has 2 fully saturated rings. The largest absolute Gasteiger partial charge is 0.419 e. The van der Waals surface area contributed by atoms with Crippen molar-refractivity contribution < 1.29 is 9.21 Å². The topological polar surface area (TPSA) is 76.3 Å². The zero-order valence-corrected chi connectivity index (χ0v) is 12.5. The number of carbonyl (C=O) groups is 1. The Hall–Kier alpha value is -2.08. The van der Waals surface area contributed by atoms with Crippen LogP contribution in [0, 0.1) is 11.3 Å². The molecule has 22 heavy (non-hydrogen) atoms. The highest BCUT2D eigenvalue weighted by Crippen LogP contribution is 2.58. The molecule has 1 atom stereocenters. The van der Waals surface area contributed by atoms with E-state index in [0.717, 1.165) is 32.4 Å². The monoisotopic (exact) mass is 301 g/mol. The molecule has 2 aliphatic rings. The van der Waals surface area contributed by atoms with Crippen LogP contribution >= 0.6 is 0 Å². The molecule has 1 saturated carbocycles. The van der Waals surface area contributed by atoms with Gasteiger partial charge in [0, 0.05) is 18.7 Å². The second-order valence-electron chi connectivity index (χ2n) is 6.47. The van der Waals surface area contributed by atoms with Crippen molar-refractivity contribution in [3.63, 3.8) is 0 Å². The van der Waals surface area contributed by atoms with Gasteiger partial charge in [0.25, 0.3) is 0 Å². The number of carbonyl (C=O) groups excluding carboxylic acids is 1. The molecule has 2 N–H and O–H groups in total. The van der Waals surface area contributed by atoms with Crippen LogP contribution in [0.1, 0.15) is 19.3 Å². The highest BCUT2D eigenvalue weighted by molar-refractivity contribution is 5.96. The van der Waals surface area contributed by atoms with Crippen molar-refractivity contribution in [3.8, 4) is 0 Å². The van der Waals surface area contributed by atoms with E-state index in [9.17, 15) is 9.59 Å². The Kier molecular flexibility index (Phi) is 2.91. The molecule has 0 bridgehead atoms. The quantitative estimate of drug-likeness (QED) is 0.880. The Morgan fingerprint density at radius 2 is 2.18 bits per heavy atom. The molecule has 0 radical (unpaired) electrons. The summed E-state index contributed by atoms with van der Waals surface area (Å²) in [6, 6.07) is 5.29. The minimum absolute atomic E-state index is 0.0924. The summed E-state index contributed by atoms with van der Waals surface area (Å²) >= 11 is 0. The number of hydrogen-bond acceptors (Lipinski definition) is 4. The van der Waals surface area contributed by atoms with E-state index >= 15 is 0 Å². The fourth-order valence-corrected chi connectivity index (χ4v) is 3.63. The number of fused-ring (bicyclic) bond motifs is 1. The van der Waals surface area contributed by atoms with Crippen LogP contribution in [0.4, 0.5) is 5.69 Å². The van der Waals surface area contributed by atoms with Gasteiger partial charge in [-0.05, 0) is 56.0 Å². The van der Waals surface area contributed by atoms with E-state index in [4.69, 9.17) is 4.42 Å². The number of oxazole rings is 1. The molecular formula is C16H19N3O3. The first-order valence-electron chi connectivity index (χ1n) is 7.70. The average Bonchev–Trinajstić information content (AvgIpc) is 3.13. The molecule has 116 valence electrons. The molecule has 6 nitrogen and oxygen atoms in total. The Balaban J connectivity index is 1.53. The number of hydrogen-bond donors (Lipinski definition) is 2. The first-order valence-corrected chi connectivity index (χ1v) is 7.70. The van der Waals surface area contributed by atoms with E-state index in [1.807, 2.05) is 0 Å². The highest BCUT2D eigenvalue weighted by atomic mass is 16.4. The molecule has 1 aromatic heterocycles. The number of anilines is 1. The summed E-state index contributed by atoms with van der Waals surface area (Å²) in [4.78, 5) is 23.9. The Morgan fingerprint density at radius 3 is 2.95 bits per heavy atom. The fourth-order valence-electron chi connectivity index (χ4n) is 3.63. The molecule has 4 rings (SSSR count). The molecule has 1 unspecified atom stereocenters. The van der Waals surface area contributed by atoms with Crippen molar-refractivity contribution in [3.05, 3.63) is 28.7 Å². The maximum absolute atomic E-state index is 12.5. The molecule has 6 heteroatoms. The zero-order chi connectivity index (χ0) is 15.3. The van der Waals surface area contributed by atoms with Crippen LogP contribution < -0.4 is 16.4 Å². The summed E-state index contributed by atoms with van der Waals surface area (Å²) in [6.45, 7) is 2.01. The third-order valence-corrected chi connectivity index (χ3v) is 5.16. The number of amides is 1. The highest BCUT2D eigenvalue weighted by Gasteiger charge is 2.57. The van der Waals surface area contributed by atoms with Crippen molar-refractivity contribution >= 4 is 22.7 Å². The maximum Gasteiger partial charge on any atom is 0.419 e. The van der Waals surface area contributed by atoms with Gasteiger partial charge < -0.3 is 15.1 Å². The lowest BCUT2D eigenvalue weighted by Gasteiger charge is -2.23. The van der Waals surface area contributed by atoms with Gasteiger partial charge in [0.2, 0.25) is 5.91 Å². The second kappa shape index (κ2) is 4.71. The lowest BCUT2D eigenvalue weighted by Crippen LogP contribution is -2.31. The van der Waals surface area contributed by atoms with Gasteiger partial charge in [-0.15, -0.1) is 0 Å². The van der Waals surface area contributed by atoms with Crippen LogP contribution in [0.2, 0.25) is 0 Å². The smallest absolute Gasteiger partial charge is 0.408 e. The van der Waals surface area contributed by atoms with Gasteiger partial charge in [-0.3, -0.25) is 9.36 Å². The molecule has 1 saturated heterocycles. The standard InChI is InChI=1S/C16H19N3O3/c1-19-12-8-10(2-3-13(12)22-15(19)21)18-14(20)11-9-16(11)4-6-17-7-5-16/h2-3,8,11,17H,4-7,9H2,1H3,(H,18,20). The van der Waals surface area contributed by atoms with Gasteiger partial charge in [-0.2, -0.15) is 0 Å². The van der Waals surface area contributed by atoms with Gasteiger partial charge >= 0.3 is 5.76 Å². The third-order valence-electron chi connectivity index (χ3n) is 5.16. The van der Waals surface area contributed by atoms with Crippen molar-refractivity contribution in [2.24, 2.45) is 18.4 Å². The average molecular weight is 301 g/mol. The lowest BCUT2D eigenvalue weighted by molar-refractivity contribution is -0.118. The summed E-state index contributed by atoms with van der Waals surface area (Å²) in [7, 11) is 1.66. The predicted molar refractivity (Wildman–Crippen MR) is 82.7 cm³/mol. The van der Waals surface area contributed by atoms with Crippen LogP contribution in [0.25, 0.3) is 11.1 Å². The van der Waals surface area contributed by atoms with Gasteiger partial charge in [0.1, 0.15) is 0 Å².